The Morgan fingerprint density at radius 2 is 2.00 bits per heavy atom. The topological polar surface area (TPSA) is 55.0 Å². The number of rotatable bonds is 1. The lowest BCUT2D eigenvalue weighted by Gasteiger charge is -2.08. The van der Waals surface area contributed by atoms with Crippen molar-refractivity contribution in [2.24, 2.45) is 0 Å². The van der Waals surface area contributed by atoms with Gasteiger partial charge < -0.3 is 10.6 Å². The maximum Gasteiger partial charge on any atom is 0.146 e. The minimum Gasteiger partial charge on any atom is -0.382 e. The van der Waals surface area contributed by atoms with Crippen molar-refractivity contribution < 1.29 is 0 Å². The van der Waals surface area contributed by atoms with Gasteiger partial charge in [-0.15, -0.1) is 0 Å². The lowest BCUT2D eigenvalue weighted by molar-refractivity contribution is 1.04. The summed E-state index contributed by atoms with van der Waals surface area (Å²) >= 11 is 0. The van der Waals surface area contributed by atoms with Crippen LogP contribution in [0.15, 0.2) is 12.4 Å². The molecule has 0 unspecified atom stereocenters. The average molecular weight is 138 g/mol. The Hall–Kier alpha value is -1.32. The van der Waals surface area contributed by atoms with Gasteiger partial charge in [-0.2, -0.15) is 0 Å². The van der Waals surface area contributed by atoms with Gasteiger partial charge >= 0.3 is 0 Å². The van der Waals surface area contributed by atoms with Crippen LogP contribution in [0.25, 0.3) is 0 Å². The summed E-state index contributed by atoms with van der Waals surface area (Å²) in [4.78, 5) is 9.76. The smallest absolute Gasteiger partial charge is 0.146 e. The molecular formula is C6H10N4. The van der Waals surface area contributed by atoms with Crippen LogP contribution in [0.1, 0.15) is 0 Å². The highest BCUT2D eigenvalue weighted by atomic mass is 15.1. The Kier molecular flexibility index (Phi) is 1.71. The second-order valence-electron chi connectivity index (χ2n) is 2.19. The summed E-state index contributed by atoms with van der Waals surface area (Å²) in [5.74, 6) is 1.26. The first-order valence-electron chi connectivity index (χ1n) is 2.95. The van der Waals surface area contributed by atoms with Crippen LogP contribution in [0.2, 0.25) is 0 Å². The van der Waals surface area contributed by atoms with Gasteiger partial charge in [-0.3, -0.25) is 0 Å². The number of hydrogen-bond donors (Lipinski definition) is 1. The molecule has 0 saturated heterocycles. The van der Waals surface area contributed by atoms with E-state index in [1.54, 1.807) is 6.20 Å². The number of hydrogen-bond acceptors (Lipinski definition) is 4. The summed E-state index contributed by atoms with van der Waals surface area (Å²) in [5, 5.41) is 0. The van der Waals surface area contributed by atoms with Crippen molar-refractivity contribution in [3.8, 4) is 0 Å². The summed E-state index contributed by atoms with van der Waals surface area (Å²) in [6, 6.07) is 0. The number of nitrogen functional groups attached to an aromatic ring is 1. The molecule has 0 aromatic carbocycles. The van der Waals surface area contributed by atoms with Gasteiger partial charge in [0.25, 0.3) is 0 Å². The molecule has 0 amide bonds. The number of nitrogens with zero attached hydrogens (tertiary/aromatic N) is 3. The van der Waals surface area contributed by atoms with Crippen molar-refractivity contribution in [3.05, 3.63) is 12.4 Å². The highest BCUT2D eigenvalue weighted by Crippen LogP contribution is 2.03. The fourth-order valence-corrected chi connectivity index (χ4v) is 0.562. The minimum atomic E-state index is 0.450. The van der Waals surface area contributed by atoms with Crippen LogP contribution in [-0.4, -0.2) is 24.1 Å². The van der Waals surface area contributed by atoms with Gasteiger partial charge in [0.15, 0.2) is 0 Å². The zero-order chi connectivity index (χ0) is 7.56. The molecule has 1 aromatic rings. The van der Waals surface area contributed by atoms with Crippen LogP contribution in [0, 0.1) is 0 Å². The van der Waals surface area contributed by atoms with Gasteiger partial charge in [0.1, 0.15) is 11.6 Å². The molecule has 0 aliphatic carbocycles. The summed E-state index contributed by atoms with van der Waals surface area (Å²) in [5.41, 5.74) is 5.33. The Bertz CT molecular complexity index is 203. The standard InChI is InChI=1S/C6H10N4/c1-10(2)6-4-8-5(7)3-9-6/h3-4H,1-2H3,(H2,7,8). The Labute approximate surface area is 59.7 Å². The van der Waals surface area contributed by atoms with Crippen LogP contribution in [-0.2, 0) is 0 Å². The molecule has 0 aliphatic rings. The van der Waals surface area contributed by atoms with E-state index in [9.17, 15) is 0 Å². The van der Waals surface area contributed by atoms with E-state index in [1.165, 1.54) is 6.20 Å². The van der Waals surface area contributed by atoms with E-state index in [2.05, 4.69) is 9.97 Å². The van der Waals surface area contributed by atoms with Gasteiger partial charge in [-0.25, -0.2) is 9.97 Å². The molecule has 0 radical (unpaired) electrons. The molecule has 1 aromatic heterocycles. The summed E-state index contributed by atoms with van der Waals surface area (Å²) in [6.07, 6.45) is 3.17. The van der Waals surface area contributed by atoms with E-state index in [0.29, 0.717) is 5.82 Å². The molecule has 4 nitrogen and oxygen atoms in total. The van der Waals surface area contributed by atoms with Crippen LogP contribution in [0.5, 0.6) is 0 Å². The molecule has 1 rings (SSSR count). The third-order valence-electron chi connectivity index (χ3n) is 1.12. The first kappa shape index (κ1) is 6.80. The van der Waals surface area contributed by atoms with Gasteiger partial charge in [0, 0.05) is 14.1 Å². The van der Waals surface area contributed by atoms with Gasteiger partial charge in [-0.1, -0.05) is 0 Å². The second-order valence-corrected chi connectivity index (χ2v) is 2.19. The van der Waals surface area contributed by atoms with Crippen molar-refractivity contribution >= 4 is 11.6 Å². The molecule has 1 heterocycles. The van der Waals surface area contributed by atoms with Crippen LogP contribution < -0.4 is 10.6 Å². The van der Waals surface area contributed by atoms with E-state index in [1.807, 2.05) is 19.0 Å². The highest BCUT2D eigenvalue weighted by Gasteiger charge is 1.94. The predicted octanol–water partition coefficient (Wildman–Crippen LogP) is 0.125. The third kappa shape index (κ3) is 1.34. The van der Waals surface area contributed by atoms with Crippen LogP contribution >= 0.6 is 0 Å². The van der Waals surface area contributed by atoms with Crippen molar-refractivity contribution in [1.82, 2.24) is 9.97 Å². The van der Waals surface area contributed by atoms with E-state index < -0.39 is 0 Å². The van der Waals surface area contributed by atoms with Crippen molar-refractivity contribution in [2.75, 3.05) is 24.7 Å². The zero-order valence-electron chi connectivity index (χ0n) is 6.07. The van der Waals surface area contributed by atoms with E-state index in [4.69, 9.17) is 5.73 Å². The average Bonchev–Trinajstić information content (AvgIpc) is 1.88. The molecule has 0 fully saturated rings. The lowest BCUT2D eigenvalue weighted by Crippen LogP contribution is -2.10. The Balaban J connectivity index is 2.89. The van der Waals surface area contributed by atoms with Crippen molar-refractivity contribution in [3.63, 3.8) is 0 Å². The SMILES string of the molecule is CN(C)c1cnc(N)cn1. The van der Waals surface area contributed by atoms with E-state index in [-0.39, 0.29) is 0 Å². The predicted molar refractivity (Wildman–Crippen MR) is 40.8 cm³/mol. The maximum absolute atomic E-state index is 5.33. The second kappa shape index (κ2) is 2.51. The first-order valence-corrected chi connectivity index (χ1v) is 2.95. The Morgan fingerprint density at radius 1 is 1.30 bits per heavy atom. The third-order valence-corrected chi connectivity index (χ3v) is 1.12. The zero-order valence-corrected chi connectivity index (χ0v) is 6.07. The van der Waals surface area contributed by atoms with Gasteiger partial charge in [0.2, 0.25) is 0 Å². The maximum atomic E-state index is 5.33. The molecule has 10 heavy (non-hydrogen) atoms. The number of aromatic nitrogens is 2. The van der Waals surface area contributed by atoms with Gasteiger partial charge in [0.05, 0.1) is 12.4 Å². The fraction of sp³-hybridized carbons (Fsp3) is 0.333. The number of nitrogens with two attached hydrogens (primary N) is 1. The largest absolute Gasteiger partial charge is 0.382 e. The van der Waals surface area contributed by atoms with Crippen LogP contribution in [0.4, 0.5) is 11.6 Å². The van der Waals surface area contributed by atoms with Crippen LogP contribution in [0.3, 0.4) is 0 Å². The molecule has 2 N–H and O–H groups in total. The lowest BCUT2D eigenvalue weighted by atomic mass is 10.6. The summed E-state index contributed by atoms with van der Waals surface area (Å²) in [7, 11) is 3.81. The molecule has 0 atom stereocenters. The monoisotopic (exact) mass is 138 g/mol. The Morgan fingerprint density at radius 3 is 2.40 bits per heavy atom. The molecule has 0 spiro atoms. The number of anilines is 2. The molecule has 54 valence electrons. The highest BCUT2D eigenvalue weighted by molar-refractivity contribution is 5.37. The first-order chi connectivity index (χ1) is 4.70. The molecule has 0 bridgehead atoms. The summed E-state index contributed by atoms with van der Waals surface area (Å²) < 4.78 is 0. The fourth-order valence-electron chi connectivity index (χ4n) is 0.562. The van der Waals surface area contributed by atoms with E-state index in [0.717, 1.165) is 5.82 Å². The molecular weight excluding hydrogens is 128 g/mol. The molecule has 0 saturated carbocycles. The minimum absolute atomic E-state index is 0.450. The van der Waals surface area contributed by atoms with Gasteiger partial charge in [-0.05, 0) is 0 Å². The quantitative estimate of drug-likeness (QED) is 0.599. The molecule has 0 aliphatic heterocycles. The normalized spacial score (nSPS) is 9.40. The summed E-state index contributed by atoms with van der Waals surface area (Å²) in [6.45, 7) is 0. The molecule has 4 heteroatoms. The van der Waals surface area contributed by atoms with Crippen molar-refractivity contribution in [1.29, 1.82) is 0 Å². The van der Waals surface area contributed by atoms with E-state index >= 15 is 0 Å². The van der Waals surface area contributed by atoms with Crippen molar-refractivity contribution in [2.45, 2.75) is 0 Å².